The summed E-state index contributed by atoms with van der Waals surface area (Å²) in [4.78, 5) is 21.7. The van der Waals surface area contributed by atoms with Crippen molar-refractivity contribution in [3.8, 4) is 0 Å². The van der Waals surface area contributed by atoms with Crippen LogP contribution >= 0.6 is 24.4 Å². The van der Waals surface area contributed by atoms with Crippen LogP contribution in [0.15, 0.2) is 0 Å². The molecular weight excluding hydrogens is 256 g/mol. The van der Waals surface area contributed by atoms with Crippen molar-refractivity contribution in [2.75, 3.05) is 18.8 Å². The van der Waals surface area contributed by atoms with E-state index in [1.807, 2.05) is 0 Å². The molecule has 0 amide bonds. The van der Waals surface area contributed by atoms with Crippen molar-refractivity contribution >= 4 is 37.0 Å². The second kappa shape index (κ2) is 11.1. The van der Waals surface area contributed by atoms with Gasteiger partial charge in [0.1, 0.15) is 12.6 Å². The van der Waals surface area contributed by atoms with Crippen molar-refractivity contribution in [3.05, 3.63) is 0 Å². The van der Waals surface area contributed by atoms with E-state index in [2.05, 4.69) is 12.6 Å². The molecule has 0 rings (SSSR count). The van der Waals surface area contributed by atoms with Crippen LogP contribution in [0.3, 0.4) is 0 Å². The van der Waals surface area contributed by atoms with Gasteiger partial charge < -0.3 is 21.1 Å². The first-order valence-corrected chi connectivity index (χ1v) is 7.36. The molecule has 0 spiro atoms. The van der Waals surface area contributed by atoms with Crippen molar-refractivity contribution in [3.63, 3.8) is 0 Å². The zero-order chi connectivity index (χ0) is 13.1. The Morgan fingerprint density at radius 2 is 1.88 bits per heavy atom. The molecule has 0 radical (unpaired) electrons. The summed E-state index contributed by atoms with van der Waals surface area (Å²) >= 11 is 5.78. The molecule has 0 aromatic rings. The van der Waals surface area contributed by atoms with E-state index >= 15 is 0 Å². The Kier molecular flexibility index (Phi) is 11.0. The molecule has 4 N–H and O–H groups in total. The highest BCUT2D eigenvalue weighted by atomic mass is 32.2. The summed E-state index contributed by atoms with van der Waals surface area (Å²) in [6.45, 7) is 1.15. The average Bonchev–Trinajstić information content (AvgIpc) is 2.37. The van der Waals surface area contributed by atoms with E-state index < -0.39 is 0 Å². The number of carbonyl (C=O) groups is 2. The number of aldehydes is 2. The van der Waals surface area contributed by atoms with Gasteiger partial charge in [-0.3, -0.25) is 0 Å². The minimum absolute atomic E-state index is 0.101. The van der Waals surface area contributed by atoms with Crippen LogP contribution in [-0.4, -0.2) is 41.9 Å². The van der Waals surface area contributed by atoms with Crippen molar-refractivity contribution in [2.24, 2.45) is 17.4 Å². The van der Waals surface area contributed by atoms with E-state index in [-0.39, 0.29) is 16.4 Å². The van der Waals surface area contributed by atoms with Crippen LogP contribution in [0.5, 0.6) is 0 Å². The maximum Gasteiger partial charge on any atom is 0.132 e. The second-order valence-corrected chi connectivity index (χ2v) is 5.83. The molecule has 3 unspecified atom stereocenters. The molecule has 0 saturated carbocycles. The highest BCUT2D eigenvalue weighted by molar-refractivity contribution is 8.00. The van der Waals surface area contributed by atoms with Crippen LogP contribution in [0.2, 0.25) is 0 Å². The number of carbonyl (C=O) groups excluding carboxylic acids is 2. The molecule has 0 bridgehead atoms. The summed E-state index contributed by atoms with van der Waals surface area (Å²) in [5.74, 6) is 0.866. The predicted molar refractivity (Wildman–Crippen MR) is 76.6 cm³/mol. The highest BCUT2D eigenvalue weighted by Crippen LogP contribution is 2.25. The number of thioether (sulfide) groups is 1. The Hall–Kier alpha value is -0.0400. The van der Waals surface area contributed by atoms with Crippen LogP contribution in [0.25, 0.3) is 0 Å². The van der Waals surface area contributed by atoms with Gasteiger partial charge in [0.2, 0.25) is 0 Å². The summed E-state index contributed by atoms with van der Waals surface area (Å²) in [6, 6.07) is 0. The van der Waals surface area contributed by atoms with Gasteiger partial charge in [0.15, 0.2) is 0 Å². The molecule has 0 aromatic heterocycles. The third-order valence-electron chi connectivity index (χ3n) is 2.54. The Labute approximate surface area is 113 Å². The Morgan fingerprint density at radius 1 is 1.18 bits per heavy atom. The lowest BCUT2D eigenvalue weighted by Crippen LogP contribution is -2.23. The monoisotopic (exact) mass is 278 g/mol. The van der Waals surface area contributed by atoms with Crippen molar-refractivity contribution < 1.29 is 9.59 Å². The zero-order valence-corrected chi connectivity index (χ0v) is 11.7. The lowest BCUT2D eigenvalue weighted by atomic mass is 9.94. The minimum Gasteiger partial charge on any atom is -0.330 e. The molecule has 0 aromatic carbocycles. The van der Waals surface area contributed by atoms with Gasteiger partial charge in [-0.2, -0.15) is 12.6 Å². The van der Waals surface area contributed by atoms with Gasteiger partial charge in [0.25, 0.3) is 0 Å². The van der Waals surface area contributed by atoms with Crippen molar-refractivity contribution in [2.45, 2.75) is 29.8 Å². The van der Waals surface area contributed by atoms with Crippen molar-refractivity contribution in [1.82, 2.24) is 0 Å². The Bertz CT molecular complexity index is 218. The topological polar surface area (TPSA) is 86.2 Å². The second-order valence-electron chi connectivity index (χ2n) is 3.89. The summed E-state index contributed by atoms with van der Waals surface area (Å²) < 4.78 is 0. The minimum atomic E-state index is -0.317. The largest absolute Gasteiger partial charge is 0.330 e. The summed E-state index contributed by atoms with van der Waals surface area (Å²) in [6.07, 6.45) is 4.11. The fourth-order valence-electron chi connectivity index (χ4n) is 1.60. The predicted octanol–water partition coefficient (Wildman–Crippen LogP) is 0.488. The lowest BCUT2D eigenvalue weighted by Gasteiger charge is -2.21. The van der Waals surface area contributed by atoms with Gasteiger partial charge >= 0.3 is 0 Å². The maximum absolute atomic E-state index is 10.9. The van der Waals surface area contributed by atoms with E-state index in [0.29, 0.717) is 19.5 Å². The van der Waals surface area contributed by atoms with Crippen LogP contribution in [-0.2, 0) is 9.59 Å². The van der Waals surface area contributed by atoms with Crippen LogP contribution in [0, 0.1) is 5.92 Å². The molecule has 17 heavy (non-hydrogen) atoms. The van der Waals surface area contributed by atoms with Gasteiger partial charge in [0.05, 0.1) is 10.5 Å². The SMILES string of the molecule is NCCCC(CC(C=O)SCCN)C(S)C=O. The third kappa shape index (κ3) is 7.81. The van der Waals surface area contributed by atoms with Crippen LogP contribution in [0.4, 0.5) is 0 Å². The lowest BCUT2D eigenvalue weighted by molar-refractivity contribution is -0.109. The molecule has 0 aliphatic carbocycles. The van der Waals surface area contributed by atoms with Crippen LogP contribution < -0.4 is 11.5 Å². The van der Waals surface area contributed by atoms with Gasteiger partial charge in [0, 0.05) is 12.3 Å². The smallest absolute Gasteiger partial charge is 0.132 e. The fourth-order valence-corrected chi connectivity index (χ4v) is 2.77. The van der Waals surface area contributed by atoms with Gasteiger partial charge in [-0.1, -0.05) is 0 Å². The number of hydrogen-bond acceptors (Lipinski definition) is 6. The van der Waals surface area contributed by atoms with E-state index in [4.69, 9.17) is 11.5 Å². The van der Waals surface area contributed by atoms with E-state index in [0.717, 1.165) is 31.2 Å². The quantitative estimate of drug-likeness (QED) is 0.378. The number of hydrogen-bond donors (Lipinski definition) is 3. The van der Waals surface area contributed by atoms with Gasteiger partial charge in [-0.05, 0) is 31.7 Å². The van der Waals surface area contributed by atoms with Crippen molar-refractivity contribution in [1.29, 1.82) is 0 Å². The molecule has 4 nitrogen and oxygen atoms in total. The van der Waals surface area contributed by atoms with E-state index in [9.17, 15) is 9.59 Å². The Morgan fingerprint density at radius 3 is 2.35 bits per heavy atom. The molecular formula is C11H22N2O2S2. The molecule has 3 atom stereocenters. The molecule has 0 saturated heterocycles. The first-order valence-electron chi connectivity index (χ1n) is 5.80. The standard InChI is InChI=1S/C11H22N2O2S2/c12-3-1-2-9(11(16)8-15)6-10(7-14)17-5-4-13/h7-11,16H,1-6,12-13H2. The van der Waals surface area contributed by atoms with E-state index in [1.165, 1.54) is 11.8 Å². The highest BCUT2D eigenvalue weighted by Gasteiger charge is 2.21. The molecule has 6 heteroatoms. The van der Waals surface area contributed by atoms with Gasteiger partial charge in [-0.25, -0.2) is 0 Å². The third-order valence-corrected chi connectivity index (χ3v) is 4.28. The molecule has 100 valence electrons. The summed E-state index contributed by atoms with van der Waals surface area (Å²) in [5, 5.41) is -0.418. The molecule has 0 fully saturated rings. The number of rotatable bonds is 11. The van der Waals surface area contributed by atoms with E-state index in [1.54, 1.807) is 0 Å². The van der Waals surface area contributed by atoms with Crippen LogP contribution in [0.1, 0.15) is 19.3 Å². The average molecular weight is 278 g/mol. The summed E-state index contributed by atoms with van der Waals surface area (Å²) in [5.41, 5.74) is 10.9. The maximum atomic E-state index is 10.9. The fraction of sp³-hybridized carbons (Fsp3) is 0.818. The first kappa shape index (κ1) is 17.0. The van der Waals surface area contributed by atoms with Gasteiger partial charge in [-0.15, -0.1) is 11.8 Å². The normalized spacial score (nSPS) is 16.2. The number of nitrogens with two attached hydrogens (primary N) is 2. The zero-order valence-electron chi connectivity index (χ0n) is 9.96. The first-order chi connectivity index (χ1) is 8.19. The molecule has 0 heterocycles. The number of thiol groups is 1. The summed E-state index contributed by atoms with van der Waals surface area (Å²) in [7, 11) is 0. The molecule has 0 aliphatic rings. The Balaban J connectivity index is 4.25. The molecule has 0 aliphatic heterocycles.